The van der Waals surface area contributed by atoms with Gasteiger partial charge in [0.1, 0.15) is 11.6 Å². The van der Waals surface area contributed by atoms with E-state index in [1.807, 2.05) is 30.8 Å². The fraction of sp³-hybridized carbons (Fsp3) is 0.500. The molecule has 0 aromatic carbocycles. The van der Waals surface area contributed by atoms with Crippen LogP contribution >= 0.6 is 11.3 Å². The molecule has 0 radical (unpaired) electrons. The Bertz CT molecular complexity index is 1030. The quantitative estimate of drug-likeness (QED) is 0.728. The van der Waals surface area contributed by atoms with Gasteiger partial charge in [-0.15, -0.1) is 11.3 Å². The summed E-state index contributed by atoms with van der Waals surface area (Å²) < 4.78 is 8.17. The summed E-state index contributed by atoms with van der Waals surface area (Å²) in [5, 5.41) is 3.94. The minimum Gasteiger partial charge on any atom is -0.473 e. The fourth-order valence-corrected chi connectivity index (χ4v) is 4.25. The molecule has 0 saturated carbocycles. The standard InChI is InChI=1S/C20H25N5O2S/c1-11(12-6-16(26)21-8-12)27-18-17-14(23-10-25(17)5)7-13(24-18)15-9-22-19(28-15)20(2,3)4/h7,9-12H,6,8H2,1-5H3,(H,21,26)/t11-,12-/m1/s1. The van der Waals surface area contributed by atoms with Gasteiger partial charge >= 0.3 is 0 Å². The molecular weight excluding hydrogens is 374 g/mol. The first-order chi connectivity index (χ1) is 13.2. The van der Waals surface area contributed by atoms with Crippen LogP contribution in [0.5, 0.6) is 5.88 Å². The number of imidazole rings is 1. The van der Waals surface area contributed by atoms with Gasteiger partial charge in [-0.25, -0.2) is 15.0 Å². The average molecular weight is 400 g/mol. The van der Waals surface area contributed by atoms with E-state index in [1.54, 1.807) is 17.7 Å². The van der Waals surface area contributed by atoms with Crippen molar-refractivity contribution in [1.29, 1.82) is 0 Å². The van der Waals surface area contributed by atoms with Gasteiger partial charge in [0.25, 0.3) is 0 Å². The number of nitrogens with one attached hydrogen (secondary N) is 1. The Labute approximate surface area is 168 Å². The Kier molecular flexibility index (Phi) is 4.61. The molecule has 4 rings (SSSR count). The predicted molar refractivity (Wildman–Crippen MR) is 110 cm³/mol. The number of ether oxygens (including phenoxy) is 1. The van der Waals surface area contributed by atoms with Crippen molar-refractivity contribution >= 4 is 28.3 Å². The van der Waals surface area contributed by atoms with E-state index in [0.29, 0.717) is 18.8 Å². The fourth-order valence-electron chi connectivity index (χ4n) is 3.32. The number of carbonyl (C=O) groups is 1. The van der Waals surface area contributed by atoms with E-state index >= 15 is 0 Å². The molecular formula is C20H25N5O2S. The van der Waals surface area contributed by atoms with Crippen molar-refractivity contribution in [1.82, 2.24) is 24.8 Å². The van der Waals surface area contributed by atoms with Crippen LogP contribution in [0.1, 0.15) is 39.1 Å². The first-order valence-electron chi connectivity index (χ1n) is 9.44. The van der Waals surface area contributed by atoms with Crippen molar-refractivity contribution in [2.75, 3.05) is 6.54 Å². The molecule has 2 atom stereocenters. The van der Waals surface area contributed by atoms with Gasteiger partial charge in [0.2, 0.25) is 11.8 Å². The maximum absolute atomic E-state index is 11.6. The number of fused-ring (bicyclic) bond motifs is 1. The van der Waals surface area contributed by atoms with Gasteiger partial charge in [-0.05, 0) is 13.0 Å². The number of aromatic nitrogens is 4. The van der Waals surface area contributed by atoms with E-state index in [-0.39, 0.29) is 23.3 Å². The number of hydrogen-bond acceptors (Lipinski definition) is 6. The second kappa shape index (κ2) is 6.84. The SMILES string of the molecule is C[C@@H](Oc1nc(-c2cnc(C(C)(C)C)s2)cc2ncn(C)c12)[C@H]1CNC(=O)C1. The van der Waals surface area contributed by atoms with E-state index in [2.05, 4.69) is 36.1 Å². The number of carbonyl (C=O) groups excluding carboxylic acids is 1. The summed E-state index contributed by atoms with van der Waals surface area (Å²) in [5.41, 5.74) is 2.49. The first kappa shape index (κ1) is 18.9. The highest BCUT2D eigenvalue weighted by Gasteiger charge is 2.29. The molecule has 0 spiro atoms. The molecule has 0 unspecified atom stereocenters. The van der Waals surface area contributed by atoms with E-state index in [9.17, 15) is 4.79 Å². The number of pyridine rings is 1. The van der Waals surface area contributed by atoms with Crippen LogP contribution in [0.4, 0.5) is 0 Å². The molecule has 1 saturated heterocycles. The van der Waals surface area contributed by atoms with Crippen LogP contribution in [0, 0.1) is 5.92 Å². The Balaban J connectivity index is 1.72. The predicted octanol–water partition coefficient (Wildman–Crippen LogP) is 3.29. The molecule has 1 fully saturated rings. The molecule has 0 bridgehead atoms. The Morgan fingerprint density at radius 3 is 2.79 bits per heavy atom. The third-order valence-electron chi connectivity index (χ3n) is 5.03. The van der Waals surface area contributed by atoms with Crippen molar-refractivity contribution in [3.63, 3.8) is 0 Å². The summed E-state index contributed by atoms with van der Waals surface area (Å²) in [7, 11) is 1.93. The Morgan fingerprint density at radius 2 is 2.14 bits per heavy atom. The lowest BCUT2D eigenvalue weighted by Crippen LogP contribution is -2.26. The monoisotopic (exact) mass is 399 g/mol. The van der Waals surface area contributed by atoms with Gasteiger partial charge in [-0.3, -0.25) is 4.79 Å². The summed E-state index contributed by atoms with van der Waals surface area (Å²) in [6.07, 6.45) is 3.99. The third-order valence-corrected chi connectivity index (χ3v) is 6.48. The summed E-state index contributed by atoms with van der Waals surface area (Å²) in [6.45, 7) is 9.08. The smallest absolute Gasteiger partial charge is 0.241 e. The number of nitrogens with zero attached hydrogens (tertiary/aromatic N) is 4. The first-order valence-corrected chi connectivity index (χ1v) is 10.3. The number of rotatable bonds is 4. The maximum atomic E-state index is 11.6. The maximum Gasteiger partial charge on any atom is 0.241 e. The Morgan fingerprint density at radius 1 is 1.36 bits per heavy atom. The van der Waals surface area contributed by atoms with Crippen molar-refractivity contribution in [2.24, 2.45) is 13.0 Å². The lowest BCUT2D eigenvalue weighted by atomic mass is 9.98. The topological polar surface area (TPSA) is 81.9 Å². The van der Waals surface area contributed by atoms with Gasteiger partial charge in [0, 0.05) is 37.5 Å². The van der Waals surface area contributed by atoms with Crippen LogP contribution < -0.4 is 10.1 Å². The van der Waals surface area contributed by atoms with E-state index < -0.39 is 0 Å². The summed E-state index contributed by atoms with van der Waals surface area (Å²) in [6, 6.07) is 1.98. The van der Waals surface area contributed by atoms with Gasteiger partial charge in [0.15, 0.2) is 0 Å². The summed E-state index contributed by atoms with van der Waals surface area (Å²) in [5.74, 6) is 0.759. The zero-order chi connectivity index (χ0) is 20.1. The van der Waals surface area contributed by atoms with Gasteiger partial charge in [0.05, 0.1) is 27.4 Å². The normalized spacial score (nSPS) is 18.5. The van der Waals surface area contributed by atoms with Crippen LogP contribution in [0.15, 0.2) is 18.6 Å². The number of amides is 1. The highest BCUT2D eigenvalue weighted by Crippen LogP contribution is 2.35. The molecule has 0 aliphatic carbocycles. The van der Waals surface area contributed by atoms with Crippen molar-refractivity contribution in [3.8, 4) is 16.5 Å². The van der Waals surface area contributed by atoms with E-state index in [0.717, 1.165) is 26.6 Å². The molecule has 4 heterocycles. The van der Waals surface area contributed by atoms with Gasteiger partial charge in [-0.1, -0.05) is 20.8 Å². The van der Waals surface area contributed by atoms with E-state index in [4.69, 9.17) is 9.72 Å². The third kappa shape index (κ3) is 3.48. The van der Waals surface area contributed by atoms with Gasteiger partial charge < -0.3 is 14.6 Å². The minimum atomic E-state index is -0.133. The molecule has 1 N–H and O–H groups in total. The highest BCUT2D eigenvalue weighted by molar-refractivity contribution is 7.15. The zero-order valence-electron chi connectivity index (χ0n) is 16.8. The zero-order valence-corrected chi connectivity index (χ0v) is 17.6. The molecule has 1 amide bonds. The molecule has 1 aliphatic heterocycles. The second-order valence-electron chi connectivity index (χ2n) is 8.41. The van der Waals surface area contributed by atoms with Crippen LogP contribution in [0.3, 0.4) is 0 Å². The number of aryl methyl sites for hydroxylation is 1. The molecule has 1 aliphatic rings. The van der Waals surface area contributed by atoms with Crippen molar-refractivity contribution < 1.29 is 9.53 Å². The second-order valence-corrected chi connectivity index (χ2v) is 9.44. The molecule has 148 valence electrons. The lowest BCUT2D eigenvalue weighted by Gasteiger charge is -2.20. The molecule has 3 aromatic rings. The number of hydrogen-bond donors (Lipinski definition) is 1. The van der Waals surface area contributed by atoms with Crippen molar-refractivity contribution in [3.05, 3.63) is 23.6 Å². The lowest BCUT2D eigenvalue weighted by molar-refractivity contribution is -0.119. The summed E-state index contributed by atoms with van der Waals surface area (Å²) >= 11 is 1.64. The molecule has 7 nitrogen and oxygen atoms in total. The largest absolute Gasteiger partial charge is 0.473 e. The molecule has 8 heteroatoms. The van der Waals surface area contributed by atoms with Crippen LogP contribution in [-0.4, -0.2) is 38.1 Å². The van der Waals surface area contributed by atoms with Crippen LogP contribution in [0.25, 0.3) is 21.6 Å². The summed E-state index contributed by atoms with van der Waals surface area (Å²) in [4.78, 5) is 26.4. The molecule has 3 aromatic heterocycles. The average Bonchev–Trinajstić information content (AvgIpc) is 3.34. The number of thiazole rings is 1. The minimum absolute atomic E-state index is 0.00608. The molecule has 28 heavy (non-hydrogen) atoms. The highest BCUT2D eigenvalue weighted by atomic mass is 32.1. The van der Waals surface area contributed by atoms with Crippen molar-refractivity contribution in [2.45, 2.75) is 45.6 Å². The van der Waals surface area contributed by atoms with E-state index in [1.165, 1.54) is 0 Å². The van der Waals surface area contributed by atoms with Crippen LogP contribution in [-0.2, 0) is 17.3 Å². The Hall–Kier alpha value is -2.48. The van der Waals surface area contributed by atoms with Gasteiger partial charge in [-0.2, -0.15) is 0 Å². The van der Waals surface area contributed by atoms with Crippen LogP contribution in [0.2, 0.25) is 0 Å².